The van der Waals surface area contributed by atoms with Gasteiger partial charge in [-0.1, -0.05) is 18.2 Å². The van der Waals surface area contributed by atoms with Gasteiger partial charge in [0.25, 0.3) is 5.91 Å². The van der Waals surface area contributed by atoms with E-state index in [1.54, 1.807) is 10.9 Å². The fraction of sp³-hybridized carbons (Fsp3) is 0.133. The summed E-state index contributed by atoms with van der Waals surface area (Å²) >= 11 is 0. The molecule has 2 aromatic heterocycles. The van der Waals surface area contributed by atoms with Crippen LogP contribution in [0.5, 0.6) is 0 Å². The van der Waals surface area contributed by atoms with Crippen LogP contribution in [0.15, 0.2) is 48.8 Å². The van der Waals surface area contributed by atoms with Crippen molar-refractivity contribution in [3.05, 3.63) is 60.0 Å². The molecule has 0 unspecified atom stereocenters. The molecule has 0 spiro atoms. The number of benzene rings is 1. The maximum Gasteiger partial charge on any atom is 0.269 e. The average Bonchev–Trinajstić information content (AvgIpc) is 3.18. The van der Waals surface area contributed by atoms with Crippen molar-refractivity contribution < 1.29 is 4.79 Å². The van der Waals surface area contributed by atoms with Crippen molar-refractivity contribution in [3.8, 4) is 5.69 Å². The standard InChI is InChI=1S/C15H16N6O/c1-10(18-15(22)12-9-14(16)20-19-12)11-5-2-3-6-13(11)21-8-4-7-17-21/h2-10H,1H3,(H,18,22)(H3,16,19,20)/t10-/m1/s1. The van der Waals surface area contributed by atoms with Crippen molar-refractivity contribution in [2.24, 2.45) is 0 Å². The number of nitrogens with two attached hydrogens (primary N) is 1. The lowest BCUT2D eigenvalue weighted by Gasteiger charge is -2.17. The van der Waals surface area contributed by atoms with Gasteiger partial charge in [-0.15, -0.1) is 0 Å². The van der Waals surface area contributed by atoms with E-state index >= 15 is 0 Å². The summed E-state index contributed by atoms with van der Waals surface area (Å²) in [5.74, 6) is 0.0294. The second kappa shape index (κ2) is 5.72. The zero-order valence-electron chi connectivity index (χ0n) is 12.0. The van der Waals surface area contributed by atoms with Crippen molar-refractivity contribution in [2.45, 2.75) is 13.0 Å². The number of aromatic amines is 1. The van der Waals surface area contributed by atoms with Gasteiger partial charge in [-0.3, -0.25) is 9.89 Å². The quantitative estimate of drug-likeness (QED) is 0.681. The Kier molecular flexibility index (Phi) is 3.61. The summed E-state index contributed by atoms with van der Waals surface area (Å²) in [6, 6.07) is 10.9. The van der Waals surface area contributed by atoms with Crippen molar-refractivity contribution in [2.75, 3.05) is 5.73 Å². The first-order valence-electron chi connectivity index (χ1n) is 6.86. The van der Waals surface area contributed by atoms with Gasteiger partial charge in [0, 0.05) is 18.5 Å². The predicted molar refractivity (Wildman–Crippen MR) is 82.4 cm³/mol. The lowest BCUT2D eigenvalue weighted by molar-refractivity contribution is 0.0935. The minimum atomic E-state index is -0.257. The van der Waals surface area contributed by atoms with Gasteiger partial charge >= 0.3 is 0 Å². The smallest absolute Gasteiger partial charge is 0.269 e. The minimum Gasteiger partial charge on any atom is -0.382 e. The van der Waals surface area contributed by atoms with Crippen LogP contribution in [0.2, 0.25) is 0 Å². The maximum absolute atomic E-state index is 12.2. The van der Waals surface area contributed by atoms with Gasteiger partial charge in [0.15, 0.2) is 0 Å². The molecule has 1 aromatic carbocycles. The number of rotatable bonds is 4. The predicted octanol–water partition coefficient (Wildman–Crippen LogP) is 1.67. The third-order valence-corrected chi connectivity index (χ3v) is 3.34. The average molecular weight is 296 g/mol. The van der Waals surface area contributed by atoms with Crippen LogP contribution in [0.1, 0.15) is 29.0 Å². The highest BCUT2D eigenvalue weighted by Gasteiger charge is 2.16. The van der Waals surface area contributed by atoms with Gasteiger partial charge in [-0.2, -0.15) is 10.2 Å². The second-order valence-electron chi connectivity index (χ2n) is 4.91. The zero-order valence-corrected chi connectivity index (χ0v) is 12.0. The Morgan fingerprint density at radius 1 is 1.36 bits per heavy atom. The van der Waals surface area contributed by atoms with Gasteiger partial charge in [0.1, 0.15) is 11.5 Å². The number of nitrogen functional groups attached to an aromatic ring is 1. The molecule has 0 bridgehead atoms. The SMILES string of the molecule is C[C@@H](NC(=O)c1cc(N)n[nH]1)c1ccccc1-n1cccn1. The molecule has 0 aliphatic rings. The summed E-state index contributed by atoms with van der Waals surface area (Å²) in [6.45, 7) is 1.92. The molecule has 0 aliphatic carbocycles. The number of carbonyl (C=O) groups excluding carboxylic acids is 1. The number of nitrogens with one attached hydrogen (secondary N) is 2. The molecule has 0 saturated heterocycles. The Balaban J connectivity index is 1.84. The van der Waals surface area contributed by atoms with Crippen LogP contribution in [0, 0.1) is 0 Å². The highest BCUT2D eigenvalue weighted by atomic mass is 16.2. The van der Waals surface area contributed by atoms with Crippen LogP contribution in [0.4, 0.5) is 5.82 Å². The lowest BCUT2D eigenvalue weighted by atomic mass is 10.1. The van der Waals surface area contributed by atoms with Crippen LogP contribution in [0.3, 0.4) is 0 Å². The largest absolute Gasteiger partial charge is 0.382 e. The van der Waals surface area contributed by atoms with E-state index in [1.807, 2.05) is 43.5 Å². The van der Waals surface area contributed by atoms with Crippen molar-refractivity contribution >= 4 is 11.7 Å². The van der Waals surface area contributed by atoms with E-state index in [2.05, 4.69) is 20.6 Å². The molecule has 2 heterocycles. The summed E-state index contributed by atoms with van der Waals surface area (Å²) in [5, 5.41) is 13.5. The van der Waals surface area contributed by atoms with Gasteiger partial charge in [0.2, 0.25) is 0 Å². The second-order valence-corrected chi connectivity index (χ2v) is 4.91. The first-order valence-corrected chi connectivity index (χ1v) is 6.86. The van der Waals surface area contributed by atoms with Gasteiger partial charge in [-0.25, -0.2) is 4.68 Å². The number of hydrogen-bond acceptors (Lipinski definition) is 4. The molecule has 0 radical (unpaired) electrons. The summed E-state index contributed by atoms with van der Waals surface area (Å²) in [6.07, 6.45) is 3.58. The molecule has 4 N–H and O–H groups in total. The highest BCUT2D eigenvalue weighted by molar-refractivity contribution is 5.93. The number of hydrogen-bond donors (Lipinski definition) is 3. The molecule has 7 nitrogen and oxygen atoms in total. The van der Waals surface area contributed by atoms with Gasteiger partial charge in [0.05, 0.1) is 11.7 Å². The minimum absolute atomic E-state index is 0.197. The number of aromatic nitrogens is 4. The Morgan fingerprint density at radius 2 is 2.18 bits per heavy atom. The van der Waals surface area contributed by atoms with Crippen LogP contribution in [-0.2, 0) is 0 Å². The molecule has 0 fully saturated rings. The highest BCUT2D eigenvalue weighted by Crippen LogP contribution is 2.21. The van der Waals surface area contributed by atoms with Crippen LogP contribution < -0.4 is 11.1 Å². The fourth-order valence-electron chi connectivity index (χ4n) is 2.28. The number of H-pyrrole nitrogens is 1. The van der Waals surface area contributed by atoms with E-state index in [-0.39, 0.29) is 17.8 Å². The van der Waals surface area contributed by atoms with Crippen molar-refractivity contribution in [1.29, 1.82) is 0 Å². The maximum atomic E-state index is 12.2. The number of para-hydroxylation sites is 1. The molecule has 0 aliphatic heterocycles. The van der Waals surface area contributed by atoms with Crippen LogP contribution in [-0.4, -0.2) is 25.9 Å². The first kappa shape index (κ1) is 13.9. The molecule has 1 amide bonds. The Hall–Kier alpha value is -3.09. The van der Waals surface area contributed by atoms with Gasteiger partial charge in [-0.05, 0) is 24.6 Å². The Morgan fingerprint density at radius 3 is 2.86 bits per heavy atom. The number of nitrogens with zero attached hydrogens (tertiary/aromatic N) is 3. The number of anilines is 1. The van der Waals surface area contributed by atoms with E-state index in [1.165, 1.54) is 6.07 Å². The van der Waals surface area contributed by atoms with E-state index in [4.69, 9.17) is 5.73 Å². The van der Waals surface area contributed by atoms with Crippen LogP contribution in [0.25, 0.3) is 5.69 Å². The molecule has 3 aromatic rings. The van der Waals surface area contributed by atoms with E-state index in [0.717, 1.165) is 11.3 Å². The topological polar surface area (TPSA) is 102 Å². The van der Waals surface area contributed by atoms with Crippen molar-refractivity contribution in [1.82, 2.24) is 25.3 Å². The molecule has 3 rings (SSSR count). The number of carbonyl (C=O) groups is 1. The first-order chi connectivity index (χ1) is 10.6. The molecule has 112 valence electrons. The fourth-order valence-corrected chi connectivity index (χ4v) is 2.28. The molecular formula is C15H16N6O. The van der Waals surface area contributed by atoms with E-state index in [9.17, 15) is 4.79 Å². The molecule has 22 heavy (non-hydrogen) atoms. The summed E-state index contributed by atoms with van der Waals surface area (Å²) in [4.78, 5) is 12.2. The zero-order chi connectivity index (χ0) is 15.5. The lowest BCUT2D eigenvalue weighted by Crippen LogP contribution is -2.27. The van der Waals surface area contributed by atoms with E-state index < -0.39 is 0 Å². The molecule has 7 heteroatoms. The Labute approximate surface area is 127 Å². The summed E-state index contributed by atoms with van der Waals surface area (Å²) in [7, 11) is 0. The third-order valence-electron chi connectivity index (χ3n) is 3.34. The van der Waals surface area contributed by atoms with E-state index in [0.29, 0.717) is 5.69 Å². The molecular weight excluding hydrogens is 280 g/mol. The van der Waals surface area contributed by atoms with Gasteiger partial charge < -0.3 is 11.1 Å². The summed E-state index contributed by atoms with van der Waals surface area (Å²) in [5.41, 5.74) is 7.73. The normalized spacial score (nSPS) is 12.0. The summed E-state index contributed by atoms with van der Waals surface area (Å²) < 4.78 is 1.77. The number of amides is 1. The third kappa shape index (κ3) is 2.69. The molecule has 1 atom stereocenters. The monoisotopic (exact) mass is 296 g/mol. The molecule has 0 saturated carbocycles. The van der Waals surface area contributed by atoms with Crippen molar-refractivity contribution in [3.63, 3.8) is 0 Å². The Bertz CT molecular complexity index is 777. The van der Waals surface area contributed by atoms with Crippen LogP contribution >= 0.6 is 0 Å².